The van der Waals surface area contributed by atoms with Crippen molar-refractivity contribution in [2.75, 3.05) is 25.1 Å². The Balaban J connectivity index is 1.65. The third-order valence-electron chi connectivity index (χ3n) is 4.39. The van der Waals surface area contributed by atoms with Gasteiger partial charge in [-0.1, -0.05) is 30.3 Å². The summed E-state index contributed by atoms with van der Waals surface area (Å²) in [5.41, 5.74) is 6.69. The number of hydrogen-bond acceptors (Lipinski definition) is 4. The maximum Gasteiger partial charge on any atom is 0.259 e. The number of rotatable bonds is 5. The molecule has 1 heterocycles. The Kier molecular flexibility index (Phi) is 5.33. The molecule has 1 aliphatic rings. The van der Waals surface area contributed by atoms with E-state index in [4.69, 9.17) is 4.74 Å². The fourth-order valence-corrected chi connectivity index (χ4v) is 3.13. The molecule has 25 heavy (non-hydrogen) atoms. The molecule has 0 bridgehead atoms. The van der Waals surface area contributed by atoms with Gasteiger partial charge in [0.05, 0.1) is 19.4 Å². The Morgan fingerprint density at radius 1 is 1.20 bits per heavy atom. The molecule has 5 nitrogen and oxygen atoms in total. The van der Waals surface area contributed by atoms with Crippen LogP contribution in [0.2, 0.25) is 0 Å². The maximum atomic E-state index is 12.3. The molecule has 2 aromatic carbocycles. The van der Waals surface area contributed by atoms with E-state index in [0.29, 0.717) is 12.3 Å². The highest BCUT2D eigenvalue weighted by atomic mass is 16.5. The normalized spacial score (nSPS) is 14.0. The number of fused-ring (bicyclic) bond motifs is 1. The van der Waals surface area contributed by atoms with Gasteiger partial charge in [-0.05, 0) is 43.5 Å². The highest BCUT2D eigenvalue weighted by Gasteiger charge is 2.18. The van der Waals surface area contributed by atoms with E-state index in [2.05, 4.69) is 27.6 Å². The minimum absolute atomic E-state index is 0.119. The van der Waals surface area contributed by atoms with Crippen LogP contribution in [0.25, 0.3) is 0 Å². The Labute approximate surface area is 148 Å². The molecular weight excluding hydrogens is 314 g/mol. The van der Waals surface area contributed by atoms with Gasteiger partial charge in [0.25, 0.3) is 5.91 Å². The van der Waals surface area contributed by atoms with Crippen molar-refractivity contribution < 1.29 is 9.53 Å². The number of para-hydroxylation sites is 2. The third kappa shape index (κ3) is 3.99. The van der Waals surface area contributed by atoms with Gasteiger partial charge in [-0.25, -0.2) is 5.43 Å². The summed E-state index contributed by atoms with van der Waals surface area (Å²) >= 11 is 0. The number of amides is 1. The minimum Gasteiger partial charge on any atom is -0.496 e. The van der Waals surface area contributed by atoms with Crippen molar-refractivity contribution in [3.8, 4) is 5.75 Å². The zero-order valence-electron chi connectivity index (χ0n) is 14.7. The number of carbonyl (C=O) groups excluding carboxylic acids is 1. The van der Waals surface area contributed by atoms with Crippen molar-refractivity contribution in [3.63, 3.8) is 0 Å². The van der Waals surface area contributed by atoms with Gasteiger partial charge in [0.2, 0.25) is 0 Å². The molecule has 0 unspecified atom stereocenters. The van der Waals surface area contributed by atoms with Gasteiger partial charge in [0.15, 0.2) is 0 Å². The lowest BCUT2D eigenvalue weighted by Gasteiger charge is -2.30. The van der Waals surface area contributed by atoms with E-state index in [1.165, 1.54) is 5.56 Å². The summed E-state index contributed by atoms with van der Waals surface area (Å²) in [6.45, 7) is 3.05. The fourth-order valence-electron chi connectivity index (χ4n) is 3.13. The Hall–Kier alpha value is -2.82. The zero-order chi connectivity index (χ0) is 17.6. The lowest BCUT2D eigenvalue weighted by Crippen LogP contribution is -2.38. The lowest BCUT2D eigenvalue weighted by molar-refractivity contribution is -0.119. The molecule has 0 saturated heterocycles. The number of aryl methyl sites for hydroxylation is 1. The van der Waals surface area contributed by atoms with Crippen molar-refractivity contribution in [2.24, 2.45) is 5.10 Å². The second kappa shape index (κ2) is 7.83. The van der Waals surface area contributed by atoms with Crippen molar-refractivity contribution >= 4 is 17.3 Å². The van der Waals surface area contributed by atoms with E-state index in [-0.39, 0.29) is 5.91 Å². The molecule has 1 amide bonds. The standard InChI is InChI=1S/C20H23N3O2/c1-15(17-10-4-6-12-19(17)25-2)21-22-20(24)14-23-13-7-9-16-8-3-5-11-18(16)23/h3-6,8,10-12H,7,9,13-14H2,1-2H3,(H,22,24). The Morgan fingerprint density at radius 2 is 1.96 bits per heavy atom. The quantitative estimate of drug-likeness (QED) is 0.674. The van der Waals surface area contributed by atoms with Gasteiger partial charge in [-0.3, -0.25) is 4.79 Å². The number of nitrogens with zero attached hydrogens (tertiary/aromatic N) is 2. The molecule has 0 fully saturated rings. The molecule has 0 radical (unpaired) electrons. The predicted molar refractivity (Wildman–Crippen MR) is 100 cm³/mol. The molecule has 1 aliphatic heterocycles. The second-order valence-electron chi connectivity index (χ2n) is 6.09. The largest absolute Gasteiger partial charge is 0.496 e. The van der Waals surface area contributed by atoms with Gasteiger partial charge in [0, 0.05) is 17.8 Å². The van der Waals surface area contributed by atoms with Gasteiger partial charge in [0.1, 0.15) is 5.75 Å². The van der Waals surface area contributed by atoms with Crippen LogP contribution in [-0.4, -0.2) is 31.8 Å². The molecule has 1 N–H and O–H groups in total. The van der Waals surface area contributed by atoms with E-state index >= 15 is 0 Å². The molecular formula is C20H23N3O2. The molecule has 0 spiro atoms. The molecule has 0 aliphatic carbocycles. The molecule has 3 rings (SSSR count). The molecule has 0 aromatic heterocycles. The first-order valence-corrected chi connectivity index (χ1v) is 8.48. The highest BCUT2D eigenvalue weighted by Crippen LogP contribution is 2.26. The molecule has 130 valence electrons. The van der Waals surface area contributed by atoms with E-state index in [9.17, 15) is 4.79 Å². The molecule has 0 atom stereocenters. The van der Waals surface area contributed by atoms with Crippen molar-refractivity contribution in [2.45, 2.75) is 19.8 Å². The summed E-state index contributed by atoms with van der Waals surface area (Å²) in [6, 6.07) is 15.9. The molecule has 5 heteroatoms. The summed E-state index contributed by atoms with van der Waals surface area (Å²) in [7, 11) is 1.62. The smallest absolute Gasteiger partial charge is 0.259 e. The number of carbonyl (C=O) groups is 1. The van der Waals surface area contributed by atoms with Crippen LogP contribution in [-0.2, 0) is 11.2 Å². The van der Waals surface area contributed by atoms with Crippen molar-refractivity contribution in [3.05, 3.63) is 59.7 Å². The molecule has 0 saturated carbocycles. The third-order valence-corrected chi connectivity index (χ3v) is 4.39. The average molecular weight is 337 g/mol. The van der Waals surface area contributed by atoms with Gasteiger partial charge < -0.3 is 9.64 Å². The average Bonchev–Trinajstić information content (AvgIpc) is 2.66. The van der Waals surface area contributed by atoms with Crippen LogP contribution < -0.4 is 15.1 Å². The fraction of sp³-hybridized carbons (Fsp3) is 0.300. The zero-order valence-corrected chi connectivity index (χ0v) is 14.7. The highest BCUT2D eigenvalue weighted by molar-refractivity contribution is 6.01. The van der Waals surface area contributed by atoms with Crippen LogP contribution in [0, 0.1) is 0 Å². The Morgan fingerprint density at radius 3 is 2.80 bits per heavy atom. The number of anilines is 1. The van der Waals surface area contributed by atoms with Crippen LogP contribution in [0.4, 0.5) is 5.69 Å². The number of methoxy groups -OCH3 is 1. The first-order valence-electron chi connectivity index (χ1n) is 8.48. The first kappa shape index (κ1) is 17.0. The number of benzene rings is 2. The lowest BCUT2D eigenvalue weighted by atomic mass is 10.0. The maximum absolute atomic E-state index is 12.3. The van der Waals surface area contributed by atoms with Gasteiger partial charge in [-0.15, -0.1) is 0 Å². The van der Waals surface area contributed by atoms with Crippen LogP contribution >= 0.6 is 0 Å². The van der Waals surface area contributed by atoms with Crippen molar-refractivity contribution in [1.29, 1.82) is 0 Å². The summed E-state index contributed by atoms with van der Waals surface area (Å²) in [6.07, 6.45) is 2.13. The van der Waals surface area contributed by atoms with Crippen LogP contribution in [0.15, 0.2) is 53.6 Å². The molecule has 2 aromatic rings. The van der Waals surface area contributed by atoms with Crippen LogP contribution in [0.3, 0.4) is 0 Å². The van der Waals surface area contributed by atoms with E-state index < -0.39 is 0 Å². The number of nitrogens with one attached hydrogen (secondary N) is 1. The first-order chi connectivity index (χ1) is 12.2. The summed E-state index contributed by atoms with van der Waals surface area (Å²) in [5.74, 6) is 0.619. The van der Waals surface area contributed by atoms with Gasteiger partial charge >= 0.3 is 0 Å². The topological polar surface area (TPSA) is 53.9 Å². The summed E-state index contributed by atoms with van der Waals surface area (Å²) < 4.78 is 5.33. The SMILES string of the molecule is COc1ccccc1C(C)=NNC(=O)CN1CCCc2ccccc21. The predicted octanol–water partition coefficient (Wildman–Crippen LogP) is 2.99. The van der Waals surface area contributed by atoms with E-state index in [0.717, 1.165) is 36.4 Å². The minimum atomic E-state index is -0.119. The van der Waals surface area contributed by atoms with Crippen LogP contribution in [0.5, 0.6) is 5.75 Å². The second-order valence-corrected chi connectivity index (χ2v) is 6.09. The Bertz CT molecular complexity index is 786. The van der Waals surface area contributed by atoms with E-state index in [1.807, 2.05) is 43.3 Å². The number of hydrazone groups is 1. The number of ether oxygens (including phenoxy) is 1. The summed E-state index contributed by atoms with van der Waals surface area (Å²) in [5, 5.41) is 4.23. The van der Waals surface area contributed by atoms with Crippen molar-refractivity contribution in [1.82, 2.24) is 5.43 Å². The van der Waals surface area contributed by atoms with E-state index in [1.54, 1.807) is 7.11 Å². The van der Waals surface area contributed by atoms with Crippen LogP contribution in [0.1, 0.15) is 24.5 Å². The monoisotopic (exact) mass is 337 g/mol. The van der Waals surface area contributed by atoms with Gasteiger partial charge in [-0.2, -0.15) is 5.10 Å². The summed E-state index contributed by atoms with van der Waals surface area (Å²) in [4.78, 5) is 14.4. The number of hydrogen-bond donors (Lipinski definition) is 1.